The van der Waals surface area contributed by atoms with Gasteiger partial charge < -0.3 is 10.6 Å². The summed E-state index contributed by atoms with van der Waals surface area (Å²) < 4.78 is 36.5. The van der Waals surface area contributed by atoms with Crippen molar-refractivity contribution in [1.82, 2.24) is 15.5 Å². The van der Waals surface area contributed by atoms with Gasteiger partial charge in [0, 0.05) is 0 Å². The molecule has 1 saturated heterocycles. The van der Waals surface area contributed by atoms with Crippen LogP contribution in [-0.4, -0.2) is 42.0 Å². The highest BCUT2D eigenvalue weighted by molar-refractivity contribution is 6.09. The molecule has 1 heterocycles. The lowest BCUT2D eigenvalue weighted by atomic mass is 9.76. The second-order valence-electron chi connectivity index (χ2n) is 6.13. The standard InChI is InChI=1S/C16H16F3N3O3/c17-16(18,19)9-20-12(23)8-22-13(24)15(21-14(22)25)7-3-5-10-4-1-2-6-11(10)15/h1-2,4,6H,3,5,7-9H2,(H,20,23)(H,21,25)/t15-/m1/s1. The molecule has 6 nitrogen and oxygen atoms in total. The third-order valence-electron chi connectivity index (χ3n) is 4.44. The van der Waals surface area contributed by atoms with Crippen molar-refractivity contribution < 1.29 is 27.6 Å². The number of carbonyl (C=O) groups excluding carboxylic acids is 3. The van der Waals surface area contributed by atoms with Crippen molar-refractivity contribution in [3.05, 3.63) is 35.4 Å². The van der Waals surface area contributed by atoms with Crippen molar-refractivity contribution in [2.45, 2.75) is 31.0 Å². The summed E-state index contributed by atoms with van der Waals surface area (Å²) in [4.78, 5) is 37.4. The monoisotopic (exact) mass is 355 g/mol. The molecule has 0 unspecified atom stereocenters. The van der Waals surface area contributed by atoms with Crippen LogP contribution in [0.15, 0.2) is 24.3 Å². The Morgan fingerprint density at radius 1 is 1.28 bits per heavy atom. The third kappa shape index (κ3) is 3.18. The molecule has 134 valence electrons. The van der Waals surface area contributed by atoms with E-state index in [-0.39, 0.29) is 0 Å². The van der Waals surface area contributed by atoms with Gasteiger partial charge in [0.15, 0.2) is 0 Å². The van der Waals surface area contributed by atoms with Crippen LogP contribution < -0.4 is 10.6 Å². The van der Waals surface area contributed by atoms with Crippen LogP contribution in [0.1, 0.15) is 24.0 Å². The van der Waals surface area contributed by atoms with Gasteiger partial charge in [-0.15, -0.1) is 0 Å². The smallest absolute Gasteiger partial charge is 0.345 e. The molecule has 0 bridgehead atoms. The largest absolute Gasteiger partial charge is 0.405 e. The number of alkyl halides is 3. The van der Waals surface area contributed by atoms with E-state index in [0.29, 0.717) is 23.3 Å². The van der Waals surface area contributed by atoms with Gasteiger partial charge in [-0.25, -0.2) is 4.79 Å². The molecule has 9 heteroatoms. The van der Waals surface area contributed by atoms with Crippen molar-refractivity contribution in [3.8, 4) is 0 Å². The number of fused-ring (bicyclic) bond motifs is 2. The summed E-state index contributed by atoms with van der Waals surface area (Å²) in [6.45, 7) is -2.26. The highest BCUT2D eigenvalue weighted by Crippen LogP contribution is 2.39. The van der Waals surface area contributed by atoms with Gasteiger partial charge in [-0.1, -0.05) is 24.3 Å². The highest BCUT2D eigenvalue weighted by Gasteiger charge is 2.54. The first-order chi connectivity index (χ1) is 11.7. The SMILES string of the molecule is O=C(CN1C(=O)N[C@@]2(CCCc3ccccc32)C1=O)NCC(F)(F)F. The van der Waals surface area contributed by atoms with Gasteiger partial charge in [0.1, 0.15) is 18.6 Å². The molecule has 4 amide bonds. The van der Waals surface area contributed by atoms with E-state index in [1.54, 1.807) is 17.4 Å². The number of hydrogen-bond donors (Lipinski definition) is 2. The number of nitrogens with zero attached hydrogens (tertiary/aromatic N) is 1. The quantitative estimate of drug-likeness (QED) is 0.806. The Labute approximate surface area is 141 Å². The van der Waals surface area contributed by atoms with Gasteiger partial charge in [0.05, 0.1) is 0 Å². The van der Waals surface area contributed by atoms with Crippen molar-refractivity contribution in [3.63, 3.8) is 0 Å². The molecule has 1 spiro atoms. The van der Waals surface area contributed by atoms with Gasteiger partial charge in [-0.3, -0.25) is 14.5 Å². The number of imide groups is 1. The van der Waals surface area contributed by atoms with Crippen molar-refractivity contribution in [2.75, 3.05) is 13.1 Å². The van der Waals surface area contributed by atoms with E-state index in [9.17, 15) is 27.6 Å². The number of nitrogens with one attached hydrogen (secondary N) is 2. The lowest BCUT2D eigenvalue weighted by molar-refractivity contribution is -0.141. The first kappa shape index (κ1) is 17.2. The molecule has 0 saturated carbocycles. The Morgan fingerprint density at radius 2 is 2.00 bits per heavy atom. The molecule has 3 rings (SSSR count). The summed E-state index contributed by atoms with van der Waals surface area (Å²) in [5, 5.41) is 4.30. The van der Waals surface area contributed by atoms with Crippen LogP contribution in [0.3, 0.4) is 0 Å². The van der Waals surface area contributed by atoms with Gasteiger partial charge in [-0.2, -0.15) is 13.2 Å². The van der Waals surface area contributed by atoms with Crippen molar-refractivity contribution in [2.24, 2.45) is 0 Å². The van der Waals surface area contributed by atoms with Crippen LogP contribution in [0, 0.1) is 0 Å². The number of aryl methyl sites for hydroxylation is 1. The van der Waals surface area contributed by atoms with Gasteiger partial charge in [-0.05, 0) is 30.4 Å². The summed E-state index contributed by atoms with van der Waals surface area (Å²) in [6, 6.07) is 6.43. The van der Waals surface area contributed by atoms with Crippen LogP contribution >= 0.6 is 0 Å². The van der Waals surface area contributed by atoms with Crippen molar-refractivity contribution >= 4 is 17.8 Å². The molecule has 1 fully saturated rings. The second-order valence-corrected chi connectivity index (χ2v) is 6.13. The molecular weight excluding hydrogens is 339 g/mol. The van der Waals surface area contributed by atoms with E-state index in [4.69, 9.17) is 0 Å². The first-order valence-corrected chi connectivity index (χ1v) is 7.79. The summed E-state index contributed by atoms with van der Waals surface area (Å²) in [5.74, 6) is -1.64. The zero-order valence-corrected chi connectivity index (χ0v) is 13.2. The highest BCUT2D eigenvalue weighted by atomic mass is 19.4. The summed E-state index contributed by atoms with van der Waals surface area (Å²) in [6.07, 6.45) is -2.73. The number of halogens is 3. The predicted molar refractivity (Wildman–Crippen MR) is 80.4 cm³/mol. The van der Waals surface area contributed by atoms with Crippen LogP contribution in [0.25, 0.3) is 0 Å². The normalized spacial score (nSPS) is 22.8. The zero-order chi connectivity index (χ0) is 18.2. The molecule has 1 aromatic carbocycles. The Hall–Kier alpha value is -2.58. The maximum atomic E-state index is 12.8. The number of rotatable bonds is 3. The second kappa shape index (κ2) is 6.05. The summed E-state index contributed by atoms with van der Waals surface area (Å²) >= 11 is 0. The molecule has 25 heavy (non-hydrogen) atoms. The number of urea groups is 1. The van der Waals surface area contributed by atoms with Crippen LogP contribution in [-0.2, 0) is 21.5 Å². The average Bonchev–Trinajstić information content (AvgIpc) is 2.78. The molecule has 2 aliphatic rings. The van der Waals surface area contributed by atoms with Crippen LogP contribution in [0.2, 0.25) is 0 Å². The molecular formula is C16H16F3N3O3. The van der Waals surface area contributed by atoms with Crippen LogP contribution in [0.4, 0.5) is 18.0 Å². The van der Waals surface area contributed by atoms with Gasteiger partial charge in [0.2, 0.25) is 5.91 Å². The molecule has 0 radical (unpaired) electrons. The van der Waals surface area contributed by atoms with E-state index in [1.165, 1.54) is 0 Å². The molecule has 1 aromatic rings. The number of amides is 4. The Morgan fingerprint density at radius 3 is 2.72 bits per heavy atom. The maximum Gasteiger partial charge on any atom is 0.405 e. The third-order valence-corrected chi connectivity index (χ3v) is 4.44. The lowest BCUT2D eigenvalue weighted by Crippen LogP contribution is -2.47. The molecule has 1 aliphatic carbocycles. The molecule has 2 N–H and O–H groups in total. The lowest BCUT2D eigenvalue weighted by Gasteiger charge is -2.33. The van der Waals surface area contributed by atoms with E-state index < -0.39 is 42.7 Å². The minimum atomic E-state index is -4.56. The maximum absolute atomic E-state index is 12.8. The molecule has 1 atom stereocenters. The number of carbonyl (C=O) groups is 3. The summed E-state index contributed by atoms with van der Waals surface area (Å²) in [7, 11) is 0. The first-order valence-electron chi connectivity index (χ1n) is 7.79. The van der Waals surface area contributed by atoms with Gasteiger partial charge >= 0.3 is 12.2 Å². The summed E-state index contributed by atoms with van der Waals surface area (Å²) in [5.41, 5.74) is 0.375. The molecule has 1 aliphatic heterocycles. The Kier molecular flexibility index (Phi) is 4.18. The van der Waals surface area contributed by atoms with Crippen molar-refractivity contribution in [1.29, 1.82) is 0 Å². The van der Waals surface area contributed by atoms with E-state index in [0.717, 1.165) is 12.0 Å². The fourth-order valence-corrected chi connectivity index (χ4v) is 3.35. The minimum Gasteiger partial charge on any atom is -0.345 e. The van der Waals surface area contributed by atoms with E-state index >= 15 is 0 Å². The van der Waals surface area contributed by atoms with E-state index in [2.05, 4.69) is 5.32 Å². The number of benzene rings is 1. The Bertz CT molecular complexity index is 735. The van der Waals surface area contributed by atoms with E-state index in [1.807, 2.05) is 12.1 Å². The minimum absolute atomic E-state index is 0.384. The zero-order valence-electron chi connectivity index (χ0n) is 13.2. The Balaban J connectivity index is 1.79. The topological polar surface area (TPSA) is 78.5 Å². The fourth-order valence-electron chi connectivity index (χ4n) is 3.35. The number of hydrogen-bond acceptors (Lipinski definition) is 3. The molecule has 0 aromatic heterocycles. The average molecular weight is 355 g/mol. The van der Waals surface area contributed by atoms with Gasteiger partial charge in [0.25, 0.3) is 5.91 Å². The fraction of sp³-hybridized carbons (Fsp3) is 0.438. The predicted octanol–water partition coefficient (Wildman–Crippen LogP) is 1.45. The van der Waals surface area contributed by atoms with Crippen LogP contribution in [0.5, 0.6) is 0 Å².